The van der Waals surface area contributed by atoms with Gasteiger partial charge in [0.2, 0.25) is 0 Å². The Hall–Kier alpha value is -1.49. The van der Waals surface area contributed by atoms with Crippen molar-refractivity contribution in [3.8, 4) is 0 Å². The van der Waals surface area contributed by atoms with E-state index >= 15 is 0 Å². The third kappa shape index (κ3) is 4.27. The fraction of sp³-hybridized carbons (Fsp3) is 0.667. The molecule has 0 aliphatic heterocycles. The van der Waals surface area contributed by atoms with Gasteiger partial charge in [0.05, 0.1) is 12.8 Å². The van der Waals surface area contributed by atoms with E-state index in [0.29, 0.717) is 6.04 Å². The topological polar surface area (TPSA) is 63.5 Å². The van der Waals surface area contributed by atoms with Gasteiger partial charge in [0.1, 0.15) is 11.4 Å². The van der Waals surface area contributed by atoms with Crippen molar-refractivity contribution in [2.45, 2.75) is 64.8 Å². The highest BCUT2D eigenvalue weighted by Gasteiger charge is 2.31. The van der Waals surface area contributed by atoms with Crippen LogP contribution in [0, 0.1) is 6.92 Å². The maximum Gasteiger partial charge on any atom is 0.407 e. The van der Waals surface area contributed by atoms with Crippen LogP contribution in [-0.2, 0) is 11.3 Å². The number of hydrogen-bond acceptors (Lipinski definition) is 4. The normalized spacial score (nSPS) is 22.2. The molecule has 1 amide bonds. The summed E-state index contributed by atoms with van der Waals surface area (Å²) in [5.74, 6) is 0.980. The molecule has 0 unspecified atom stereocenters. The molecule has 1 aromatic rings. The number of nitrogens with one attached hydrogen (secondary N) is 2. The summed E-state index contributed by atoms with van der Waals surface area (Å²) in [7, 11) is 0. The van der Waals surface area contributed by atoms with Gasteiger partial charge in [-0.2, -0.15) is 0 Å². The molecule has 1 heterocycles. The Morgan fingerprint density at radius 2 is 2.10 bits per heavy atom. The standard InChI is InChI=1S/C15H24N2O3/c1-10-5-6-19-13(10)9-16-11-7-12(8-11)17-14(18)20-15(2,3)4/h5-6,11-12,16H,7-9H2,1-4H3,(H,17,18). The lowest BCUT2D eigenvalue weighted by Crippen LogP contribution is -2.52. The molecule has 0 bridgehead atoms. The van der Waals surface area contributed by atoms with E-state index in [1.54, 1.807) is 6.26 Å². The third-order valence-electron chi connectivity index (χ3n) is 3.38. The number of aryl methyl sites for hydroxylation is 1. The summed E-state index contributed by atoms with van der Waals surface area (Å²) in [5.41, 5.74) is 0.725. The summed E-state index contributed by atoms with van der Waals surface area (Å²) < 4.78 is 10.6. The molecule has 0 saturated heterocycles. The molecule has 2 N–H and O–H groups in total. The van der Waals surface area contributed by atoms with Crippen LogP contribution >= 0.6 is 0 Å². The molecular weight excluding hydrogens is 256 g/mol. The van der Waals surface area contributed by atoms with E-state index in [2.05, 4.69) is 10.6 Å². The van der Waals surface area contributed by atoms with Crippen molar-refractivity contribution in [3.05, 3.63) is 23.7 Å². The molecule has 20 heavy (non-hydrogen) atoms. The molecule has 1 fully saturated rings. The van der Waals surface area contributed by atoms with Gasteiger partial charge in [-0.25, -0.2) is 4.79 Å². The molecule has 0 atom stereocenters. The van der Waals surface area contributed by atoms with Crippen molar-refractivity contribution in [1.82, 2.24) is 10.6 Å². The highest BCUT2D eigenvalue weighted by molar-refractivity contribution is 5.68. The monoisotopic (exact) mass is 280 g/mol. The Bertz CT molecular complexity index is 456. The number of alkyl carbamates (subject to hydrolysis) is 1. The molecule has 1 aliphatic rings. The van der Waals surface area contributed by atoms with Crippen molar-refractivity contribution < 1.29 is 13.9 Å². The largest absolute Gasteiger partial charge is 0.468 e. The average Bonchev–Trinajstić information content (AvgIpc) is 2.64. The molecule has 0 spiro atoms. The zero-order valence-electron chi connectivity index (χ0n) is 12.7. The van der Waals surface area contributed by atoms with Crippen molar-refractivity contribution in [1.29, 1.82) is 0 Å². The van der Waals surface area contributed by atoms with Gasteiger partial charge in [0, 0.05) is 12.1 Å². The van der Waals surface area contributed by atoms with E-state index in [1.807, 2.05) is 33.8 Å². The van der Waals surface area contributed by atoms with Crippen LogP contribution in [0.5, 0.6) is 0 Å². The number of hydrogen-bond donors (Lipinski definition) is 2. The Labute approximate surface area is 120 Å². The van der Waals surface area contributed by atoms with Gasteiger partial charge in [0.15, 0.2) is 0 Å². The third-order valence-corrected chi connectivity index (χ3v) is 3.38. The minimum atomic E-state index is -0.442. The van der Waals surface area contributed by atoms with Crippen molar-refractivity contribution >= 4 is 6.09 Å². The number of rotatable bonds is 4. The van der Waals surface area contributed by atoms with Gasteiger partial charge in [-0.3, -0.25) is 0 Å². The SMILES string of the molecule is Cc1ccoc1CNC1CC(NC(=O)OC(C)(C)C)C1. The lowest BCUT2D eigenvalue weighted by Gasteiger charge is -2.36. The number of ether oxygens (including phenoxy) is 1. The van der Waals surface area contributed by atoms with E-state index in [9.17, 15) is 4.79 Å². The predicted molar refractivity (Wildman–Crippen MR) is 76.5 cm³/mol. The predicted octanol–water partition coefficient (Wildman–Crippen LogP) is 2.73. The lowest BCUT2D eigenvalue weighted by atomic mass is 9.87. The molecule has 1 aliphatic carbocycles. The Kier molecular flexibility index (Phi) is 4.38. The van der Waals surface area contributed by atoms with E-state index in [-0.39, 0.29) is 12.1 Å². The van der Waals surface area contributed by atoms with Crippen molar-refractivity contribution in [2.75, 3.05) is 0 Å². The fourth-order valence-electron chi connectivity index (χ4n) is 2.20. The van der Waals surface area contributed by atoms with Crippen LogP contribution in [0.15, 0.2) is 16.7 Å². The number of carbonyl (C=O) groups is 1. The molecule has 5 nitrogen and oxygen atoms in total. The van der Waals surface area contributed by atoms with Crippen LogP contribution in [0.4, 0.5) is 4.79 Å². The van der Waals surface area contributed by atoms with E-state index in [4.69, 9.17) is 9.15 Å². The average molecular weight is 280 g/mol. The van der Waals surface area contributed by atoms with Crippen molar-refractivity contribution in [3.63, 3.8) is 0 Å². The molecule has 2 rings (SSSR count). The second-order valence-electron chi connectivity index (χ2n) is 6.42. The minimum Gasteiger partial charge on any atom is -0.468 e. The molecule has 0 radical (unpaired) electrons. The van der Waals surface area contributed by atoms with E-state index in [0.717, 1.165) is 25.1 Å². The molecule has 1 aromatic heterocycles. The maximum absolute atomic E-state index is 11.6. The van der Waals surface area contributed by atoms with Gasteiger partial charge in [-0.05, 0) is 52.2 Å². The summed E-state index contributed by atoms with van der Waals surface area (Å²) in [6.07, 6.45) is 3.24. The summed E-state index contributed by atoms with van der Waals surface area (Å²) in [6.45, 7) is 8.37. The highest BCUT2D eigenvalue weighted by Crippen LogP contribution is 2.21. The van der Waals surface area contributed by atoms with Crippen LogP contribution in [0.2, 0.25) is 0 Å². The van der Waals surface area contributed by atoms with Gasteiger partial charge < -0.3 is 19.8 Å². The molecular formula is C15H24N2O3. The quantitative estimate of drug-likeness (QED) is 0.890. The Morgan fingerprint density at radius 1 is 1.40 bits per heavy atom. The first-order valence-electron chi connectivity index (χ1n) is 7.09. The van der Waals surface area contributed by atoms with Gasteiger partial charge in [-0.1, -0.05) is 0 Å². The first-order valence-corrected chi connectivity index (χ1v) is 7.09. The molecule has 5 heteroatoms. The number of carbonyl (C=O) groups excluding carboxylic acids is 1. The molecule has 0 aromatic carbocycles. The second-order valence-corrected chi connectivity index (χ2v) is 6.42. The second kappa shape index (κ2) is 5.87. The Balaban J connectivity index is 1.63. The maximum atomic E-state index is 11.6. The highest BCUT2D eigenvalue weighted by atomic mass is 16.6. The van der Waals surface area contributed by atoms with Crippen LogP contribution in [-0.4, -0.2) is 23.8 Å². The summed E-state index contributed by atoms with van der Waals surface area (Å²) in [5, 5.41) is 6.31. The zero-order chi connectivity index (χ0) is 14.8. The smallest absolute Gasteiger partial charge is 0.407 e. The van der Waals surface area contributed by atoms with Gasteiger partial charge in [-0.15, -0.1) is 0 Å². The lowest BCUT2D eigenvalue weighted by molar-refractivity contribution is 0.0464. The fourth-order valence-corrected chi connectivity index (χ4v) is 2.20. The molecule has 112 valence electrons. The first-order chi connectivity index (χ1) is 9.33. The van der Waals surface area contributed by atoms with E-state index < -0.39 is 5.60 Å². The van der Waals surface area contributed by atoms with Crippen LogP contribution < -0.4 is 10.6 Å². The molecule has 1 saturated carbocycles. The van der Waals surface area contributed by atoms with Gasteiger partial charge in [0.25, 0.3) is 0 Å². The van der Waals surface area contributed by atoms with E-state index in [1.165, 1.54) is 5.56 Å². The summed E-state index contributed by atoms with van der Waals surface area (Å²) in [4.78, 5) is 11.6. The first kappa shape index (κ1) is 14.9. The van der Waals surface area contributed by atoms with Gasteiger partial charge >= 0.3 is 6.09 Å². The number of amides is 1. The minimum absolute atomic E-state index is 0.208. The van der Waals surface area contributed by atoms with Crippen molar-refractivity contribution in [2.24, 2.45) is 0 Å². The van der Waals surface area contributed by atoms with Crippen LogP contribution in [0.1, 0.15) is 44.9 Å². The summed E-state index contributed by atoms with van der Waals surface area (Å²) >= 11 is 0. The number of furan rings is 1. The summed E-state index contributed by atoms with van der Waals surface area (Å²) in [6, 6.07) is 2.60. The van der Waals surface area contributed by atoms with Crippen LogP contribution in [0.3, 0.4) is 0 Å². The van der Waals surface area contributed by atoms with Crippen LogP contribution in [0.25, 0.3) is 0 Å². The zero-order valence-corrected chi connectivity index (χ0v) is 12.7. The Morgan fingerprint density at radius 3 is 2.65 bits per heavy atom.